The van der Waals surface area contributed by atoms with Gasteiger partial charge in [0.25, 0.3) is 11.1 Å². The highest BCUT2D eigenvalue weighted by atomic mass is 35.5. The lowest BCUT2D eigenvalue weighted by Crippen LogP contribution is -2.41. The minimum atomic E-state index is -0.487. The molecule has 1 atom stereocenters. The first-order valence-corrected chi connectivity index (χ1v) is 11.4. The molecule has 32 heavy (non-hydrogen) atoms. The van der Waals surface area contributed by atoms with Crippen molar-refractivity contribution in [3.05, 3.63) is 53.1 Å². The number of amides is 2. The summed E-state index contributed by atoms with van der Waals surface area (Å²) in [6.07, 6.45) is 2.18. The van der Waals surface area contributed by atoms with Crippen LogP contribution in [-0.4, -0.2) is 45.5 Å². The molecule has 2 aliphatic heterocycles. The van der Waals surface area contributed by atoms with E-state index in [1.807, 2.05) is 0 Å². The maximum atomic E-state index is 13.2. The second-order valence-electron chi connectivity index (χ2n) is 7.35. The first-order valence-electron chi connectivity index (χ1n) is 10.1. The van der Waals surface area contributed by atoms with Crippen molar-refractivity contribution in [2.45, 2.75) is 29.7 Å². The average molecular weight is 472 g/mol. The molecule has 0 spiro atoms. The number of aromatic nitrogens is 2. The topological polar surface area (TPSA) is 94.8 Å². The van der Waals surface area contributed by atoms with E-state index in [0.717, 1.165) is 12.8 Å². The number of halogens is 1. The molecule has 0 radical (unpaired) electrons. The van der Waals surface area contributed by atoms with Gasteiger partial charge < -0.3 is 13.9 Å². The van der Waals surface area contributed by atoms with E-state index in [2.05, 4.69) is 10.2 Å². The number of carbonyl (C=O) groups excluding carboxylic acids is 2. The van der Waals surface area contributed by atoms with E-state index in [4.69, 9.17) is 25.5 Å². The van der Waals surface area contributed by atoms with Gasteiger partial charge in [0.1, 0.15) is 0 Å². The standard InChI is InChI=1S/C22H18ClN3O5S/c23-15-7-4-13(5-8-15)20(27)26-10-2-1-3-18(21(26)28)32-22-25-24-19(31-22)14-6-9-16-17(11-14)30-12-29-16/h4-9,11,18H,1-3,10,12H2/t18-/m1/s1. The van der Waals surface area contributed by atoms with Crippen molar-refractivity contribution >= 4 is 35.2 Å². The van der Waals surface area contributed by atoms with Gasteiger partial charge in [-0.1, -0.05) is 29.8 Å². The van der Waals surface area contributed by atoms with Gasteiger partial charge in [0, 0.05) is 22.7 Å². The summed E-state index contributed by atoms with van der Waals surface area (Å²) >= 11 is 7.10. The number of likely N-dealkylation sites (tertiary alicyclic amines) is 1. The van der Waals surface area contributed by atoms with E-state index in [9.17, 15) is 9.59 Å². The third-order valence-corrected chi connectivity index (χ3v) is 6.59. The Hall–Kier alpha value is -3.04. The first-order chi connectivity index (χ1) is 15.6. The smallest absolute Gasteiger partial charge is 0.277 e. The summed E-state index contributed by atoms with van der Waals surface area (Å²) in [6.45, 7) is 0.558. The second-order valence-corrected chi connectivity index (χ2v) is 8.94. The molecule has 1 saturated heterocycles. The SMILES string of the molecule is O=C(c1ccc(Cl)cc1)N1CCCC[C@@H](Sc2nnc(-c3ccc4c(c3)OCO4)o2)C1=O. The molecule has 0 bridgehead atoms. The highest BCUT2D eigenvalue weighted by molar-refractivity contribution is 8.00. The van der Waals surface area contributed by atoms with Crippen LogP contribution in [0.25, 0.3) is 11.5 Å². The van der Waals surface area contributed by atoms with Crippen LogP contribution in [0.4, 0.5) is 0 Å². The molecule has 10 heteroatoms. The minimum Gasteiger partial charge on any atom is -0.454 e. The molecule has 2 amide bonds. The second kappa shape index (κ2) is 8.84. The zero-order valence-corrected chi connectivity index (χ0v) is 18.4. The molecule has 1 aromatic heterocycles. The van der Waals surface area contributed by atoms with Crippen LogP contribution in [0.3, 0.4) is 0 Å². The molecule has 0 N–H and O–H groups in total. The quantitative estimate of drug-likeness (QED) is 0.515. The maximum absolute atomic E-state index is 13.2. The lowest BCUT2D eigenvalue weighted by Gasteiger charge is -2.21. The van der Waals surface area contributed by atoms with E-state index >= 15 is 0 Å². The van der Waals surface area contributed by atoms with Gasteiger partial charge in [-0.25, -0.2) is 0 Å². The molecule has 3 aromatic rings. The molecule has 164 valence electrons. The van der Waals surface area contributed by atoms with E-state index in [1.165, 1.54) is 16.7 Å². The van der Waals surface area contributed by atoms with Crippen LogP contribution in [0, 0.1) is 0 Å². The number of benzene rings is 2. The van der Waals surface area contributed by atoms with Crippen LogP contribution in [0.2, 0.25) is 5.02 Å². The summed E-state index contributed by atoms with van der Waals surface area (Å²) in [5.74, 6) is 1.02. The van der Waals surface area contributed by atoms with Crippen molar-refractivity contribution in [3.63, 3.8) is 0 Å². The molecule has 0 saturated carbocycles. The van der Waals surface area contributed by atoms with Gasteiger partial charge in [-0.05, 0) is 55.3 Å². The van der Waals surface area contributed by atoms with Gasteiger partial charge in [-0.3, -0.25) is 14.5 Å². The number of fused-ring (bicyclic) bond motifs is 1. The molecule has 3 heterocycles. The fourth-order valence-electron chi connectivity index (χ4n) is 3.59. The minimum absolute atomic E-state index is 0.179. The predicted octanol–water partition coefficient (Wildman–Crippen LogP) is 4.43. The van der Waals surface area contributed by atoms with Crippen LogP contribution in [-0.2, 0) is 4.79 Å². The predicted molar refractivity (Wildman–Crippen MR) is 117 cm³/mol. The molecule has 5 rings (SSSR count). The summed E-state index contributed by atoms with van der Waals surface area (Å²) in [6, 6.07) is 11.9. The van der Waals surface area contributed by atoms with Crippen molar-refractivity contribution in [2.75, 3.05) is 13.3 Å². The van der Waals surface area contributed by atoms with Crippen LogP contribution >= 0.6 is 23.4 Å². The highest BCUT2D eigenvalue weighted by Gasteiger charge is 2.33. The fraction of sp³-hybridized carbons (Fsp3) is 0.273. The molecule has 2 aliphatic rings. The van der Waals surface area contributed by atoms with Gasteiger partial charge in [0.05, 0.1) is 5.25 Å². The Bertz CT molecular complexity index is 1170. The van der Waals surface area contributed by atoms with Crippen molar-refractivity contribution in [1.82, 2.24) is 15.1 Å². The molecule has 8 nitrogen and oxygen atoms in total. The van der Waals surface area contributed by atoms with E-state index < -0.39 is 5.25 Å². The lowest BCUT2D eigenvalue weighted by atomic mass is 10.2. The number of hydrogen-bond acceptors (Lipinski definition) is 8. The van der Waals surface area contributed by atoms with Gasteiger partial charge in [-0.2, -0.15) is 0 Å². The molecule has 0 unspecified atom stereocenters. The zero-order chi connectivity index (χ0) is 22.1. The Labute approximate surface area is 192 Å². The van der Waals surface area contributed by atoms with Crippen molar-refractivity contribution in [2.24, 2.45) is 0 Å². The highest BCUT2D eigenvalue weighted by Crippen LogP contribution is 2.37. The summed E-state index contributed by atoms with van der Waals surface area (Å²) in [7, 11) is 0. The van der Waals surface area contributed by atoms with Crippen LogP contribution in [0.5, 0.6) is 11.5 Å². The number of imide groups is 1. The van der Waals surface area contributed by atoms with Gasteiger partial charge >= 0.3 is 0 Å². The first kappa shape index (κ1) is 20.8. The summed E-state index contributed by atoms with van der Waals surface area (Å²) in [5.41, 5.74) is 1.12. The Morgan fingerprint density at radius 1 is 1.06 bits per heavy atom. The molecule has 1 fully saturated rings. The van der Waals surface area contributed by atoms with Gasteiger partial charge in [-0.15, -0.1) is 10.2 Å². The number of thioether (sulfide) groups is 1. The van der Waals surface area contributed by atoms with Crippen molar-refractivity contribution in [3.8, 4) is 23.0 Å². The monoisotopic (exact) mass is 471 g/mol. The van der Waals surface area contributed by atoms with Crippen LogP contribution in [0.1, 0.15) is 29.6 Å². The lowest BCUT2D eigenvalue weighted by molar-refractivity contribution is -0.127. The van der Waals surface area contributed by atoms with E-state index in [0.29, 0.717) is 46.5 Å². The molecular weight excluding hydrogens is 454 g/mol. The Balaban J connectivity index is 1.32. The van der Waals surface area contributed by atoms with E-state index in [1.54, 1.807) is 42.5 Å². The number of rotatable bonds is 4. The van der Waals surface area contributed by atoms with Gasteiger partial charge in [0.2, 0.25) is 18.6 Å². The summed E-state index contributed by atoms with van der Waals surface area (Å²) in [4.78, 5) is 27.4. The van der Waals surface area contributed by atoms with Crippen LogP contribution in [0.15, 0.2) is 52.1 Å². The number of ether oxygens (including phenoxy) is 2. The zero-order valence-electron chi connectivity index (χ0n) is 16.8. The third-order valence-electron chi connectivity index (χ3n) is 5.24. The average Bonchev–Trinajstić information content (AvgIpc) is 3.43. The Morgan fingerprint density at radius 3 is 2.72 bits per heavy atom. The normalized spacial score (nSPS) is 18.0. The Kier molecular flexibility index (Phi) is 5.75. The van der Waals surface area contributed by atoms with Gasteiger partial charge in [0.15, 0.2) is 11.5 Å². The summed E-state index contributed by atoms with van der Waals surface area (Å²) < 4.78 is 16.5. The fourth-order valence-corrected chi connectivity index (χ4v) is 4.69. The maximum Gasteiger partial charge on any atom is 0.277 e. The van der Waals surface area contributed by atoms with Crippen molar-refractivity contribution < 1.29 is 23.5 Å². The largest absolute Gasteiger partial charge is 0.454 e. The third kappa shape index (κ3) is 4.18. The number of hydrogen-bond donors (Lipinski definition) is 0. The van der Waals surface area contributed by atoms with Crippen LogP contribution < -0.4 is 9.47 Å². The molecular formula is C22H18ClN3O5S. The number of nitrogens with zero attached hydrogens (tertiary/aromatic N) is 3. The number of carbonyl (C=O) groups is 2. The summed E-state index contributed by atoms with van der Waals surface area (Å²) in [5, 5.41) is 8.51. The Morgan fingerprint density at radius 2 is 1.88 bits per heavy atom. The molecule has 2 aromatic carbocycles. The van der Waals surface area contributed by atoms with Crippen molar-refractivity contribution in [1.29, 1.82) is 0 Å². The molecule has 0 aliphatic carbocycles. The van der Waals surface area contributed by atoms with E-state index in [-0.39, 0.29) is 23.8 Å².